The highest BCUT2D eigenvalue weighted by molar-refractivity contribution is 5.61. The molecule has 6 nitrogen and oxygen atoms in total. The number of likely N-dealkylation sites (tertiary alicyclic amines) is 1. The van der Waals surface area contributed by atoms with Gasteiger partial charge in [-0.05, 0) is 38.1 Å². The summed E-state index contributed by atoms with van der Waals surface area (Å²) in [5.41, 5.74) is 3.09. The van der Waals surface area contributed by atoms with Gasteiger partial charge in [-0.25, -0.2) is 0 Å². The zero-order valence-electron chi connectivity index (χ0n) is 14.4. The SMILES string of the molecule is Cn1cc(CNCC(O)CN2CCCCC2)c(-c2cccnc2)n1. The van der Waals surface area contributed by atoms with Crippen molar-refractivity contribution in [2.24, 2.45) is 7.05 Å². The highest BCUT2D eigenvalue weighted by atomic mass is 16.3. The zero-order valence-corrected chi connectivity index (χ0v) is 14.4. The molecule has 1 aliphatic heterocycles. The topological polar surface area (TPSA) is 66.2 Å². The number of aryl methyl sites for hydroxylation is 1. The Labute approximate surface area is 143 Å². The summed E-state index contributed by atoms with van der Waals surface area (Å²) in [6, 6.07) is 3.94. The van der Waals surface area contributed by atoms with Gasteiger partial charge in [-0.3, -0.25) is 9.67 Å². The summed E-state index contributed by atoms with van der Waals surface area (Å²) < 4.78 is 1.82. The van der Waals surface area contributed by atoms with Gasteiger partial charge in [0.2, 0.25) is 0 Å². The summed E-state index contributed by atoms with van der Waals surface area (Å²) >= 11 is 0. The molecule has 2 N–H and O–H groups in total. The van der Waals surface area contributed by atoms with E-state index in [1.54, 1.807) is 6.20 Å². The van der Waals surface area contributed by atoms with Gasteiger partial charge in [-0.2, -0.15) is 5.10 Å². The van der Waals surface area contributed by atoms with Crippen LogP contribution in [0.2, 0.25) is 0 Å². The van der Waals surface area contributed by atoms with Gasteiger partial charge >= 0.3 is 0 Å². The van der Waals surface area contributed by atoms with Crippen LogP contribution in [-0.4, -0.2) is 57.1 Å². The van der Waals surface area contributed by atoms with Gasteiger partial charge in [0.25, 0.3) is 0 Å². The molecule has 1 unspecified atom stereocenters. The van der Waals surface area contributed by atoms with Crippen LogP contribution in [0.15, 0.2) is 30.7 Å². The molecule has 0 radical (unpaired) electrons. The Bertz CT molecular complexity index is 622. The van der Waals surface area contributed by atoms with Crippen LogP contribution in [0, 0.1) is 0 Å². The second-order valence-electron chi connectivity index (χ2n) is 6.56. The molecule has 1 aliphatic rings. The minimum absolute atomic E-state index is 0.332. The molecule has 1 saturated heterocycles. The minimum Gasteiger partial charge on any atom is -0.390 e. The lowest BCUT2D eigenvalue weighted by atomic mass is 10.1. The molecule has 2 aromatic rings. The highest BCUT2D eigenvalue weighted by Gasteiger charge is 2.15. The normalized spacial score (nSPS) is 17.1. The third-order valence-corrected chi connectivity index (χ3v) is 4.45. The molecule has 24 heavy (non-hydrogen) atoms. The Morgan fingerprint density at radius 1 is 1.29 bits per heavy atom. The molecule has 3 heterocycles. The van der Waals surface area contributed by atoms with E-state index in [9.17, 15) is 5.11 Å². The van der Waals surface area contributed by atoms with E-state index in [1.807, 2.05) is 36.3 Å². The van der Waals surface area contributed by atoms with E-state index in [0.29, 0.717) is 13.1 Å². The predicted octanol–water partition coefficient (Wildman–Crippen LogP) is 1.42. The van der Waals surface area contributed by atoms with E-state index < -0.39 is 0 Å². The van der Waals surface area contributed by atoms with Crippen LogP contribution >= 0.6 is 0 Å². The number of hydrogen-bond donors (Lipinski definition) is 2. The first kappa shape index (κ1) is 17.1. The van der Waals surface area contributed by atoms with Gasteiger partial charge < -0.3 is 15.3 Å². The summed E-state index contributed by atoms with van der Waals surface area (Å²) in [6.07, 6.45) is 9.11. The second-order valence-corrected chi connectivity index (χ2v) is 6.56. The molecule has 3 rings (SSSR count). The number of aliphatic hydroxyl groups excluding tert-OH is 1. The van der Waals surface area contributed by atoms with Gasteiger partial charge in [-0.1, -0.05) is 6.42 Å². The Hall–Kier alpha value is -1.76. The molecule has 0 spiro atoms. The predicted molar refractivity (Wildman–Crippen MR) is 94.4 cm³/mol. The van der Waals surface area contributed by atoms with Crippen molar-refractivity contribution in [2.75, 3.05) is 26.2 Å². The Morgan fingerprint density at radius 3 is 2.88 bits per heavy atom. The van der Waals surface area contributed by atoms with Gasteiger partial charge in [0.15, 0.2) is 0 Å². The first-order chi connectivity index (χ1) is 11.7. The van der Waals surface area contributed by atoms with Crippen molar-refractivity contribution in [2.45, 2.75) is 31.9 Å². The summed E-state index contributed by atoms with van der Waals surface area (Å²) in [5, 5.41) is 18.1. The molecule has 0 bridgehead atoms. The Morgan fingerprint density at radius 2 is 2.12 bits per heavy atom. The number of piperidine rings is 1. The molecule has 0 aliphatic carbocycles. The first-order valence-electron chi connectivity index (χ1n) is 8.76. The van der Waals surface area contributed by atoms with Crippen LogP contribution < -0.4 is 5.32 Å². The number of nitrogens with zero attached hydrogens (tertiary/aromatic N) is 4. The summed E-state index contributed by atoms with van der Waals surface area (Å²) in [6.45, 7) is 4.28. The fourth-order valence-electron chi connectivity index (χ4n) is 3.29. The fraction of sp³-hybridized carbons (Fsp3) is 0.556. The quantitative estimate of drug-likeness (QED) is 0.804. The number of aliphatic hydroxyl groups is 1. The molecule has 1 fully saturated rings. The second kappa shape index (κ2) is 8.37. The maximum absolute atomic E-state index is 10.2. The van der Waals surface area contributed by atoms with Crippen LogP contribution in [0.5, 0.6) is 0 Å². The van der Waals surface area contributed by atoms with E-state index >= 15 is 0 Å². The molecule has 2 aromatic heterocycles. The van der Waals surface area contributed by atoms with Gasteiger partial charge in [0.1, 0.15) is 0 Å². The van der Waals surface area contributed by atoms with Gasteiger partial charge in [0, 0.05) is 56.4 Å². The number of pyridine rings is 1. The Kier molecular flexibility index (Phi) is 5.96. The van der Waals surface area contributed by atoms with Crippen molar-refractivity contribution in [1.82, 2.24) is 25.0 Å². The number of aromatic nitrogens is 3. The van der Waals surface area contributed by atoms with Gasteiger partial charge in [0.05, 0.1) is 11.8 Å². The Balaban J connectivity index is 1.51. The van der Waals surface area contributed by atoms with Crippen LogP contribution in [-0.2, 0) is 13.6 Å². The average Bonchev–Trinajstić information content (AvgIpc) is 2.97. The third-order valence-electron chi connectivity index (χ3n) is 4.45. The smallest absolute Gasteiger partial charge is 0.0983 e. The lowest BCUT2D eigenvalue weighted by Crippen LogP contribution is -2.40. The molecule has 0 amide bonds. The summed E-state index contributed by atoms with van der Waals surface area (Å²) in [4.78, 5) is 6.53. The van der Waals surface area contributed by atoms with Crippen LogP contribution in [0.1, 0.15) is 24.8 Å². The maximum atomic E-state index is 10.2. The zero-order chi connectivity index (χ0) is 16.8. The first-order valence-corrected chi connectivity index (χ1v) is 8.76. The van der Waals surface area contributed by atoms with Crippen molar-refractivity contribution in [3.63, 3.8) is 0 Å². The van der Waals surface area contributed by atoms with Crippen molar-refractivity contribution in [1.29, 1.82) is 0 Å². The van der Waals surface area contributed by atoms with Crippen LogP contribution in [0.25, 0.3) is 11.3 Å². The van der Waals surface area contributed by atoms with Crippen molar-refractivity contribution in [3.05, 3.63) is 36.3 Å². The maximum Gasteiger partial charge on any atom is 0.0983 e. The largest absolute Gasteiger partial charge is 0.390 e. The van der Waals surface area contributed by atoms with E-state index in [-0.39, 0.29) is 6.10 Å². The van der Waals surface area contributed by atoms with Gasteiger partial charge in [-0.15, -0.1) is 0 Å². The molecule has 130 valence electrons. The molecular formula is C18H27N5O. The van der Waals surface area contributed by atoms with E-state index in [0.717, 1.165) is 36.5 Å². The molecule has 0 saturated carbocycles. The van der Waals surface area contributed by atoms with Crippen LogP contribution in [0.4, 0.5) is 0 Å². The average molecular weight is 329 g/mol. The standard InChI is InChI=1S/C18H27N5O/c1-22-13-16(18(21-22)15-6-5-7-19-10-15)11-20-12-17(24)14-23-8-3-2-4-9-23/h5-7,10,13,17,20,24H,2-4,8-9,11-12,14H2,1H3. The minimum atomic E-state index is -0.332. The lowest BCUT2D eigenvalue weighted by Gasteiger charge is -2.28. The highest BCUT2D eigenvalue weighted by Crippen LogP contribution is 2.20. The number of nitrogens with one attached hydrogen (secondary N) is 1. The fourth-order valence-corrected chi connectivity index (χ4v) is 3.29. The molecular weight excluding hydrogens is 302 g/mol. The lowest BCUT2D eigenvalue weighted by molar-refractivity contribution is 0.1000. The van der Waals surface area contributed by atoms with Crippen molar-refractivity contribution < 1.29 is 5.11 Å². The number of β-amino-alcohol motifs (C(OH)–C–C–N with tert-alkyl or cyclic N) is 1. The van der Waals surface area contributed by atoms with E-state index in [2.05, 4.69) is 20.3 Å². The number of rotatable bonds is 7. The molecule has 0 aromatic carbocycles. The van der Waals surface area contributed by atoms with Crippen molar-refractivity contribution >= 4 is 0 Å². The van der Waals surface area contributed by atoms with Crippen LogP contribution in [0.3, 0.4) is 0 Å². The van der Waals surface area contributed by atoms with E-state index in [1.165, 1.54) is 19.3 Å². The van der Waals surface area contributed by atoms with E-state index in [4.69, 9.17) is 0 Å². The summed E-state index contributed by atoms with van der Waals surface area (Å²) in [5.74, 6) is 0. The molecule has 6 heteroatoms. The monoisotopic (exact) mass is 329 g/mol. The summed E-state index contributed by atoms with van der Waals surface area (Å²) in [7, 11) is 1.93. The number of hydrogen-bond acceptors (Lipinski definition) is 5. The molecule has 1 atom stereocenters. The van der Waals surface area contributed by atoms with Crippen molar-refractivity contribution in [3.8, 4) is 11.3 Å². The third kappa shape index (κ3) is 4.63.